The van der Waals surface area contributed by atoms with Crippen LogP contribution in [0.15, 0.2) is 17.2 Å². The predicted octanol–water partition coefficient (Wildman–Crippen LogP) is 2.69. The molecule has 141 valence electrons. The van der Waals surface area contributed by atoms with Gasteiger partial charge >= 0.3 is 60.9 Å². The van der Waals surface area contributed by atoms with E-state index in [-0.39, 0.29) is 33.1 Å². The second kappa shape index (κ2) is 18.2. The van der Waals surface area contributed by atoms with Crippen LogP contribution in [0, 0.1) is 58.1 Å². The van der Waals surface area contributed by atoms with Crippen molar-refractivity contribution in [1.29, 1.82) is 0 Å². The van der Waals surface area contributed by atoms with Gasteiger partial charge in [-0.05, 0) is 51.6 Å². The van der Waals surface area contributed by atoms with E-state index in [1.165, 1.54) is 0 Å². The molecule has 0 amide bonds. The van der Waals surface area contributed by atoms with Crippen molar-refractivity contribution in [2.75, 3.05) is 6.61 Å². The van der Waals surface area contributed by atoms with E-state index in [4.69, 9.17) is 23.4 Å². The Morgan fingerprint density at radius 3 is 1.89 bits per heavy atom. The van der Waals surface area contributed by atoms with Crippen molar-refractivity contribution in [3.8, 4) is 0 Å². The molecule has 2 heterocycles. The second-order valence-electron chi connectivity index (χ2n) is 4.75. The molecular weight excluding hydrogens is 520 g/mol. The van der Waals surface area contributed by atoms with Crippen LogP contribution >= 0.6 is 0 Å². The van der Waals surface area contributed by atoms with Crippen molar-refractivity contribution >= 4 is 5.97 Å². The van der Waals surface area contributed by atoms with Gasteiger partial charge in [-0.1, -0.05) is 19.9 Å². The fourth-order valence-corrected chi connectivity index (χ4v) is 2.59. The van der Waals surface area contributed by atoms with Gasteiger partial charge in [0.25, 0.3) is 0 Å². The smallest absolute Gasteiger partial charge is 0.0312 e. The Hall–Kier alpha value is -1.18. The minimum Gasteiger partial charge on any atom is -0.0312 e. The van der Waals surface area contributed by atoms with Crippen molar-refractivity contribution in [2.45, 2.75) is 38.9 Å². The van der Waals surface area contributed by atoms with Crippen LogP contribution in [0.3, 0.4) is 0 Å². The number of carbonyl (C=O) groups excluding carboxylic acids is 1. The average Bonchev–Trinajstić information content (AvgIpc) is 3.44. The fraction of sp³-hybridized carbons (Fsp3) is 0.350. The molecule has 0 spiro atoms. The summed E-state index contributed by atoms with van der Waals surface area (Å²) in [6.45, 7) is 19.7. The number of ether oxygens (including phenoxy) is 2. The van der Waals surface area contributed by atoms with Gasteiger partial charge in [0.05, 0.1) is 17.8 Å². The maximum Gasteiger partial charge on any atom is 2.00 e. The predicted molar refractivity (Wildman–Crippen MR) is 88.3 cm³/mol. The Bertz CT molecular complexity index is 521. The van der Waals surface area contributed by atoms with Gasteiger partial charge in [-0.25, -0.2) is 10.4 Å². The summed E-state index contributed by atoms with van der Waals surface area (Å²) >= 11 is 0. The van der Waals surface area contributed by atoms with Gasteiger partial charge in [-0.2, -0.15) is 0 Å². The zero-order valence-corrected chi connectivity index (χ0v) is 18.2. The second-order valence-corrected chi connectivity index (χ2v) is 4.75. The Balaban J connectivity index is -0.000000403. The normalized spacial score (nSPS) is 22.8. The Kier molecular flexibility index (Phi) is 20.6. The molecule has 1 aliphatic carbocycles. The van der Waals surface area contributed by atoms with Crippen LogP contribution in [-0.2, 0) is 49.3 Å². The maximum absolute atomic E-state index is 11.7. The minimum absolute atomic E-state index is 0. The standard InChI is InChI=1S/C12H15O3.C5H5.3CO.W/c1-4-12-8(3)6-9(15-12)7-10(12)11(13)14-5-2;1-2-4-5-3-1;3*1-2;/h7,9H,4-5H2,1-3H3;1-5H;;;;/q-1;;;;;+2/t9-,12+;;;;;/m1...../s1. The molecule has 0 aromatic heterocycles. The Morgan fingerprint density at radius 1 is 1.11 bits per heavy atom. The van der Waals surface area contributed by atoms with Crippen LogP contribution in [0.5, 0.6) is 0 Å². The molecule has 7 heteroatoms. The molecule has 0 unspecified atom stereocenters. The van der Waals surface area contributed by atoms with E-state index in [1.54, 1.807) is 6.92 Å². The van der Waals surface area contributed by atoms with Crippen LogP contribution in [0.2, 0.25) is 0 Å². The molecule has 2 bridgehead atoms. The number of hydrogen-bond donors (Lipinski definition) is 0. The number of hydrogen-bond acceptors (Lipinski definition) is 3. The van der Waals surface area contributed by atoms with Crippen LogP contribution in [-0.4, -0.2) is 24.3 Å². The van der Waals surface area contributed by atoms with E-state index in [0.29, 0.717) is 12.2 Å². The van der Waals surface area contributed by atoms with E-state index >= 15 is 0 Å². The molecule has 6 nitrogen and oxygen atoms in total. The summed E-state index contributed by atoms with van der Waals surface area (Å²) in [7, 11) is 0. The van der Waals surface area contributed by atoms with Crippen LogP contribution in [0.1, 0.15) is 27.2 Å². The molecule has 5 radical (unpaired) electrons. The molecule has 1 fully saturated rings. The van der Waals surface area contributed by atoms with Crippen molar-refractivity contribution in [2.24, 2.45) is 0 Å². The van der Waals surface area contributed by atoms with E-state index in [0.717, 1.165) is 12.0 Å². The van der Waals surface area contributed by atoms with Crippen LogP contribution < -0.4 is 0 Å². The largest absolute Gasteiger partial charge is 2.00 e. The number of carbonyl (C=O) groups is 1. The first kappa shape index (κ1) is 30.5. The van der Waals surface area contributed by atoms with Gasteiger partial charge in [0.2, 0.25) is 0 Å². The van der Waals surface area contributed by atoms with Gasteiger partial charge in [0.15, 0.2) is 0 Å². The monoisotopic (exact) mass is 540 g/mol. The molecule has 0 aromatic rings. The fourth-order valence-electron chi connectivity index (χ4n) is 2.59. The van der Waals surface area contributed by atoms with Crippen LogP contribution in [0.25, 0.3) is 0 Å². The summed E-state index contributed by atoms with van der Waals surface area (Å²) in [4.78, 5) is 11.7. The minimum atomic E-state index is -0.559. The van der Waals surface area contributed by atoms with Crippen molar-refractivity contribution in [1.82, 2.24) is 0 Å². The van der Waals surface area contributed by atoms with Crippen molar-refractivity contribution in [3.63, 3.8) is 0 Å². The first-order valence-electron chi connectivity index (χ1n) is 7.59. The SMILES string of the molecule is CCOC(=O)C1=C[C@H]2[C-]=C(C)[C@]1(CC)O2.[C-]#[O+].[C-]#[O+].[C-]#[O+].[CH]1[CH][CH][CH][CH]1.[W+2]. The van der Waals surface area contributed by atoms with Crippen molar-refractivity contribution in [3.05, 3.63) is 75.4 Å². The molecule has 27 heavy (non-hydrogen) atoms. The van der Waals surface area contributed by atoms with E-state index < -0.39 is 5.60 Å². The molecule has 3 rings (SSSR count). The van der Waals surface area contributed by atoms with Gasteiger partial charge in [-0.3, -0.25) is 0 Å². The molecular formula is C20H20O6W+. The third-order valence-corrected chi connectivity index (χ3v) is 3.59. The molecule has 0 saturated heterocycles. The summed E-state index contributed by atoms with van der Waals surface area (Å²) in [5.74, 6) is -0.261. The Morgan fingerprint density at radius 2 is 1.56 bits per heavy atom. The van der Waals surface area contributed by atoms with Gasteiger partial charge in [0, 0.05) is 0 Å². The van der Waals surface area contributed by atoms with Crippen LogP contribution in [0.4, 0.5) is 0 Å². The quantitative estimate of drug-likeness (QED) is 0.313. The van der Waals surface area contributed by atoms with E-state index in [2.05, 4.69) is 26.0 Å². The van der Waals surface area contributed by atoms with Gasteiger partial charge in [-0.15, -0.1) is 0 Å². The summed E-state index contributed by atoms with van der Waals surface area (Å²) in [6.07, 6.45) is 15.6. The first-order valence-corrected chi connectivity index (χ1v) is 7.59. The molecule has 3 aliphatic rings. The molecule has 2 aliphatic heterocycles. The molecule has 0 N–H and O–H groups in total. The molecule has 2 atom stereocenters. The van der Waals surface area contributed by atoms with E-state index in [1.807, 2.05) is 52.0 Å². The zero-order chi connectivity index (χ0) is 20.6. The summed E-state index contributed by atoms with van der Waals surface area (Å²) in [5.41, 5.74) is 1.09. The maximum atomic E-state index is 11.7. The summed E-state index contributed by atoms with van der Waals surface area (Å²) < 4.78 is 33.3. The average molecular weight is 540 g/mol. The summed E-state index contributed by atoms with van der Waals surface area (Å²) in [5, 5.41) is 0. The third-order valence-electron chi connectivity index (χ3n) is 3.59. The van der Waals surface area contributed by atoms with Gasteiger partial charge < -0.3 is 15.5 Å². The molecule has 1 saturated carbocycles. The summed E-state index contributed by atoms with van der Waals surface area (Å²) in [6, 6.07) is 0. The topological polar surface area (TPSA) is 95.2 Å². The van der Waals surface area contributed by atoms with Gasteiger partial charge in [0.1, 0.15) is 0 Å². The molecule has 0 aromatic carbocycles. The first-order chi connectivity index (χ1) is 12.6. The Labute approximate surface area is 176 Å². The zero-order valence-electron chi connectivity index (χ0n) is 15.3. The van der Waals surface area contributed by atoms with E-state index in [9.17, 15) is 4.79 Å². The number of fused-ring (bicyclic) bond motifs is 2. The third kappa shape index (κ3) is 8.58. The number of esters is 1. The number of rotatable bonds is 3. The van der Waals surface area contributed by atoms with Crippen molar-refractivity contribution < 1.29 is 49.3 Å².